The molecule has 3 rings (SSSR count). The van der Waals surface area contributed by atoms with Crippen LogP contribution >= 0.6 is 24.0 Å². The summed E-state index contributed by atoms with van der Waals surface area (Å²) in [6.07, 6.45) is 7.82. The van der Waals surface area contributed by atoms with Gasteiger partial charge in [0.2, 0.25) is 0 Å². The van der Waals surface area contributed by atoms with Crippen LogP contribution in [0.2, 0.25) is 0 Å². The number of nitrogens with zero attached hydrogens (tertiary/aromatic N) is 5. The first-order chi connectivity index (χ1) is 12.2. The Balaban J connectivity index is 0.00000243. The van der Waals surface area contributed by atoms with Crippen molar-refractivity contribution in [3.05, 3.63) is 36.2 Å². The Kier molecular flexibility index (Phi) is 7.92. The Hall–Kier alpha value is -1.58. The van der Waals surface area contributed by atoms with Crippen LogP contribution in [-0.4, -0.2) is 45.2 Å². The molecule has 26 heavy (non-hydrogen) atoms. The lowest BCUT2D eigenvalue weighted by Gasteiger charge is -2.39. The van der Waals surface area contributed by atoms with Gasteiger partial charge in [-0.25, -0.2) is 9.98 Å². The lowest BCUT2D eigenvalue weighted by molar-refractivity contribution is 0.189. The van der Waals surface area contributed by atoms with Gasteiger partial charge >= 0.3 is 0 Å². The molecule has 2 aromatic heterocycles. The van der Waals surface area contributed by atoms with Crippen LogP contribution in [0, 0.1) is 5.92 Å². The summed E-state index contributed by atoms with van der Waals surface area (Å²) in [4.78, 5) is 11.3. The van der Waals surface area contributed by atoms with Crippen molar-refractivity contribution < 1.29 is 4.52 Å². The Morgan fingerprint density at radius 3 is 2.92 bits per heavy atom. The second-order valence-corrected chi connectivity index (χ2v) is 6.60. The highest BCUT2D eigenvalue weighted by molar-refractivity contribution is 14.0. The van der Waals surface area contributed by atoms with Crippen LogP contribution < -0.4 is 5.32 Å². The molecule has 144 valence electrons. The molecule has 0 radical (unpaired) electrons. The Labute approximate surface area is 172 Å². The first-order valence-electron chi connectivity index (χ1n) is 9.16. The van der Waals surface area contributed by atoms with Crippen molar-refractivity contribution in [1.29, 1.82) is 0 Å². The van der Waals surface area contributed by atoms with E-state index in [0.717, 1.165) is 49.9 Å². The van der Waals surface area contributed by atoms with E-state index >= 15 is 0 Å². The summed E-state index contributed by atoms with van der Waals surface area (Å²) < 4.78 is 7.57. The van der Waals surface area contributed by atoms with Crippen LogP contribution in [0.25, 0.3) is 0 Å². The zero-order valence-corrected chi connectivity index (χ0v) is 18.1. The molecule has 1 saturated heterocycles. The van der Waals surface area contributed by atoms with Gasteiger partial charge in [0.05, 0.1) is 18.1 Å². The van der Waals surface area contributed by atoms with E-state index < -0.39 is 0 Å². The van der Waals surface area contributed by atoms with Gasteiger partial charge in [0, 0.05) is 38.1 Å². The van der Waals surface area contributed by atoms with Crippen LogP contribution in [0.3, 0.4) is 0 Å². The van der Waals surface area contributed by atoms with Crippen LogP contribution in [0.15, 0.2) is 34.3 Å². The number of likely N-dealkylation sites (tertiary alicyclic amines) is 1. The third-order valence-electron chi connectivity index (χ3n) is 4.82. The SMILES string of the molecule is CCNC(=NCc1cc(CC)no1)N1CCC(C)C(n2ccnc2)C1.I. The third-order valence-corrected chi connectivity index (χ3v) is 4.82. The standard InChI is InChI=1S/C18H28N6O.HI/c1-4-15-10-16(25-22-15)11-21-18(20-5-2)23-8-6-14(3)17(12-23)24-9-7-19-13-24;/h7,9-10,13-14,17H,4-6,8,11-12H2,1-3H3,(H,20,21);1H. The van der Waals surface area contributed by atoms with E-state index in [2.05, 4.69) is 51.9 Å². The van der Waals surface area contributed by atoms with E-state index in [1.807, 2.05) is 18.6 Å². The molecule has 0 amide bonds. The van der Waals surface area contributed by atoms with Crippen LogP contribution in [-0.2, 0) is 13.0 Å². The molecule has 1 aliphatic rings. The molecule has 0 saturated carbocycles. The summed E-state index contributed by atoms with van der Waals surface area (Å²) in [6, 6.07) is 2.40. The van der Waals surface area contributed by atoms with Gasteiger partial charge in [-0.3, -0.25) is 0 Å². The predicted octanol–water partition coefficient (Wildman–Crippen LogP) is 3.10. The second-order valence-electron chi connectivity index (χ2n) is 6.60. The van der Waals surface area contributed by atoms with E-state index in [9.17, 15) is 0 Å². The quantitative estimate of drug-likeness (QED) is 0.412. The highest BCUT2D eigenvalue weighted by atomic mass is 127. The molecule has 0 spiro atoms. The average molecular weight is 472 g/mol. The molecule has 0 aromatic carbocycles. The fourth-order valence-electron chi connectivity index (χ4n) is 3.27. The molecular formula is C18H29IN6O. The molecule has 2 aromatic rings. The highest BCUT2D eigenvalue weighted by Gasteiger charge is 2.28. The zero-order valence-electron chi connectivity index (χ0n) is 15.8. The molecule has 1 fully saturated rings. The lowest BCUT2D eigenvalue weighted by Crippen LogP contribution is -2.49. The summed E-state index contributed by atoms with van der Waals surface area (Å²) in [5.74, 6) is 2.37. The first-order valence-corrected chi connectivity index (χ1v) is 9.16. The van der Waals surface area contributed by atoms with E-state index in [4.69, 9.17) is 9.52 Å². The molecule has 0 aliphatic carbocycles. The van der Waals surface area contributed by atoms with E-state index in [0.29, 0.717) is 18.5 Å². The number of imidazole rings is 1. The molecule has 0 bridgehead atoms. The maximum Gasteiger partial charge on any atom is 0.194 e. The number of rotatable bonds is 5. The summed E-state index contributed by atoms with van der Waals surface area (Å²) >= 11 is 0. The maximum atomic E-state index is 5.35. The van der Waals surface area contributed by atoms with Gasteiger partial charge in [0.15, 0.2) is 11.7 Å². The van der Waals surface area contributed by atoms with Gasteiger partial charge in [0.1, 0.15) is 6.54 Å². The summed E-state index contributed by atoms with van der Waals surface area (Å²) in [7, 11) is 0. The normalized spacial score (nSPS) is 20.7. The monoisotopic (exact) mass is 472 g/mol. The van der Waals surface area contributed by atoms with Gasteiger partial charge in [-0.1, -0.05) is 19.0 Å². The van der Waals surface area contributed by atoms with Gasteiger partial charge in [-0.05, 0) is 25.7 Å². The minimum absolute atomic E-state index is 0. The van der Waals surface area contributed by atoms with Gasteiger partial charge in [-0.15, -0.1) is 24.0 Å². The first kappa shape index (κ1) is 20.7. The number of halogens is 1. The van der Waals surface area contributed by atoms with Gasteiger partial charge in [0.25, 0.3) is 0 Å². The molecular weight excluding hydrogens is 443 g/mol. The van der Waals surface area contributed by atoms with Gasteiger partial charge < -0.3 is 19.3 Å². The minimum Gasteiger partial charge on any atom is -0.359 e. The number of nitrogens with one attached hydrogen (secondary N) is 1. The van der Waals surface area contributed by atoms with Crippen molar-refractivity contribution in [2.45, 2.75) is 46.2 Å². The predicted molar refractivity (Wildman–Crippen MR) is 113 cm³/mol. The number of hydrogen-bond donors (Lipinski definition) is 1. The zero-order chi connectivity index (χ0) is 17.6. The van der Waals surface area contributed by atoms with Crippen molar-refractivity contribution >= 4 is 29.9 Å². The highest BCUT2D eigenvalue weighted by Crippen LogP contribution is 2.27. The molecule has 2 atom stereocenters. The topological polar surface area (TPSA) is 71.5 Å². The fraction of sp³-hybridized carbons (Fsp3) is 0.611. The van der Waals surface area contributed by atoms with E-state index in [-0.39, 0.29) is 24.0 Å². The van der Waals surface area contributed by atoms with Crippen molar-refractivity contribution in [1.82, 2.24) is 24.9 Å². The second kappa shape index (κ2) is 9.94. The van der Waals surface area contributed by atoms with E-state index in [1.165, 1.54) is 0 Å². The largest absolute Gasteiger partial charge is 0.359 e. The number of guanidine groups is 1. The molecule has 1 aliphatic heterocycles. The molecule has 1 N–H and O–H groups in total. The van der Waals surface area contributed by atoms with Gasteiger partial charge in [-0.2, -0.15) is 0 Å². The van der Waals surface area contributed by atoms with E-state index in [1.54, 1.807) is 0 Å². The van der Waals surface area contributed by atoms with Crippen molar-refractivity contribution in [3.63, 3.8) is 0 Å². The fourth-order valence-corrected chi connectivity index (χ4v) is 3.27. The van der Waals surface area contributed by atoms with Crippen molar-refractivity contribution in [2.75, 3.05) is 19.6 Å². The van der Waals surface area contributed by atoms with Crippen molar-refractivity contribution in [3.8, 4) is 0 Å². The minimum atomic E-state index is 0. The van der Waals surface area contributed by atoms with Crippen LogP contribution in [0.1, 0.15) is 44.7 Å². The molecule has 2 unspecified atom stereocenters. The summed E-state index contributed by atoms with van der Waals surface area (Å²) in [5, 5.41) is 7.45. The molecule has 7 nitrogen and oxygen atoms in total. The molecule has 3 heterocycles. The van der Waals surface area contributed by atoms with Crippen LogP contribution in [0.5, 0.6) is 0 Å². The number of aliphatic imine (C=N–C) groups is 1. The number of piperidine rings is 1. The lowest BCUT2D eigenvalue weighted by atomic mass is 9.93. The smallest absolute Gasteiger partial charge is 0.194 e. The van der Waals surface area contributed by atoms with Crippen LogP contribution in [0.4, 0.5) is 0 Å². The summed E-state index contributed by atoms with van der Waals surface area (Å²) in [5.41, 5.74) is 0.974. The average Bonchev–Trinajstić information content (AvgIpc) is 3.31. The third kappa shape index (κ3) is 4.99. The Morgan fingerprint density at radius 1 is 1.42 bits per heavy atom. The number of aromatic nitrogens is 3. The maximum absolute atomic E-state index is 5.35. The number of aryl methyl sites for hydroxylation is 1. The summed E-state index contributed by atoms with van der Waals surface area (Å²) in [6.45, 7) is 9.77. The Bertz CT molecular complexity index is 684. The van der Waals surface area contributed by atoms with Crippen molar-refractivity contribution in [2.24, 2.45) is 10.9 Å². The molecule has 8 heteroatoms. The number of hydrogen-bond acceptors (Lipinski definition) is 4. The Morgan fingerprint density at radius 2 is 2.27 bits per heavy atom.